The lowest BCUT2D eigenvalue weighted by Crippen LogP contribution is -2.41. The van der Waals surface area contributed by atoms with Crippen LogP contribution >= 0.6 is 15.9 Å². The molecule has 0 aromatic heterocycles. The van der Waals surface area contributed by atoms with Crippen molar-refractivity contribution >= 4 is 15.9 Å². The molecule has 0 saturated carbocycles. The maximum absolute atomic E-state index is 13.5. The lowest BCUT2D eigenvalue weighted by atomic mass is 10.0. The van der Waals surface area contributed by atoms with Gasteiger partial charge in [-0.25, -0.2) is 4.39 Å². The van der Waals surface area contributed by atoms with E-state index < -0.39 is 0 Å². The van der Waals surface area contributed by atoms with E-state index in [0.29, 0.717) is 24.9 Å². The first-order chi connectivity index (χ1) is 8.04. The molecule has 0 bridgehead atoms. The topological polar surface area (TPSA) is 38.0 Å². The van der Waals surface area contributed by atoms with Crippen LogP contribution in [0.25, 0.3) is 0 Å². The van der Waals surface area contributed by atoms with Crippen LogP contribution in [0.1, 0.15) is 19.4 Å². The zero-order valence-corrected chi connectivity index (χ0v) is 11.9. The molecule has 3 N–H and O–H groups in total. The van der Waals surface area contributed by atoms with E-state index >= 15 is 0 Å². The number of halogens is 2. The van der Waals surface area contributed by atoms with Crippen LogP contribution in [0.4, 0.5) is 4.39 Å². The third-order valence-electron chi connectivity index (χ3n) is 2.87. The van der Waals surface area contributed by atoms with Gasteiger partial charge in [0.05, 0.1) is 0 Å². The van der Waals surface area contributed by atoms with Crippen molar-refractivity contribution in [3.8, 4) is 0 Å². The van der Waals surface area contributed by atoms with Crippen LogP contribution in [-0.2, 0) is 6.42 Å². The summed E-state index contributed by atoms with van der Waals surface area (Å²) in [4.78, 5) is 0. The average molecular weight is 303 g/mol. The van der Waals surface area contributed by atoms with Crippen molar-refractivity contribution in [1.82, 2.24) is 5.32 Å². The summed E-state index contributed by atoms with van der Waals surface area (Å²) < 4.78 is 14.4. The first-order valence-corrected chi connectivity index (χ1v) is 6.71. The van der Waals surface area contributed by atoms with Gasteiger partial charge in [0.2, 0.25) is 0 Å². The second-order valence-electron chi connectivity index (χ2n) is 4.53. The second-order valence-corrected chi connectivity index (χ2v) is 5.44. The minimum absolute atomic E-state index is 0.149. The Bertz CT molecular complexity index is 355. The largest absolute Gasteiger partial charge is 0.329 e. The Kier molecular flexibility index (Phi) is 6.09. The molecule has 1 atom stereocenters. The molecule has 0 amide bonds. The molecule has 0 fully saturated rings. The fourth-order valence-corrected chi connectivity index (χ4v) is 2.13. The Hall–Kier alpha value is -0.450. The minimum Gasteiger partial charge on any atom is -0.329 e. The van der Waals surface area contributed by atoms with Gasteiger partial charge in [0.1, 0.15) is 5.82 Å². The molecule has 17 heavy (non-hydrogen) atoms. The Morgan fingerprint density at radius 3 is 2.71 bits per heavy atom. The molecule has 1 aromatic carbocycles. The van der Waals surface area contributed by atoms with Gasteiger partial charge < -0.3 is 11.1 Å². The first kappa shape index (κ1) is 14.6. The van der Waals surface area contributed by atoms with Crippen LogP contribution in [0.3, 0.4) is 0 Å². The Morgan fingerprint density at radius 2 is 2.12 bits per heavy atom. The van der Waals surface area contributed by atoms with Gasteiger partial charge in [-0.2, -0.15) is 0 Å². The monoisotopic (exact) mass is 302 g/mol. The number of nitrogens with one attached hydrogen (secondary N) is 1. The van der Waals surface area contributed by atoms with Gasteiger partial charge in [-0.05, 0) is 42.6 Å². The fourth-order valence-electron chi connectivity index (χ4n) is 1.72. The maximum Gasteiger partial charge on any atom is 0.126 e. The van der Waals surface area contributed by atoms with Crippen molar-refractivity contribution < 1.29 is 4.39 Å². The molecule has 1 rings (SSSR count). The highest BCUT2D eigenvalue weighted by atomic mass is 79.9. The lowest BCUT2D eigenvalue weighted by molar-refractivity contribution is 0.407. The third kappa shape index (κ3) is 4.74. The molecule has 0 aliphatic rings. The molecule has 0 saturated heterocycles. The molecular weight excluding hydrogens is 283 g/mol. The van der Waals surface area contributed by atoms with Crippen molar-refractivity contribution in [3.63, 3.8) is 0 Å². The van der Waals surface area contributed by atoms with E-state index in [9.17, 15) is 4.39 Å². The van der Waals surface area contributed by atoms with E-state index in [4.69, 9.17) is 5.73 Å². The molecule has 0 heterocycles. The van der Waals surface area contributed by atoms with Gasteiger partial charge in [-0.3, -0.25) is 0 Å². The highest BCUT2D eigenvalue weighted by Gasteiger charge is 2.10. The maximum atomic E-state index is 13.5. The van der Waals surface area contributed by atoms with Gasteiger partial charge in [-0.1, -0.05) is 29.8 Å². The van der Waals surface area contributed by atoms with Gasteiger partial charge in [0.15, 0.2) is 0 Å². The van der Waals surface area contributed by atoms with Gasteiger partial charge >= 0.3 is 0 Å². The van der Waals surface area contributed by atoms with E-state index in [1.807, 2.05) is 6.07 Å². The van der Waals surface area contributed by atoms with Crippen LogP contribution < -0.4 is 11.1 Å². The summed E-state index contributed by atoms with van der Waals surface area (Å²) in [5.41, 5.74) is 6.39. The van der Waals surface area contributed by atoms with Crippen LogP contribution in [0, 0.1) is 11.7 Å². The predicted octanol–water partition coefficient (Wildman–Crippen LogP) is 2.70. The van der Waals surface area contributed by atoms with Crippen molar-refractivity contribution in [2.45, 2.75) is 26.3 Å². The molecule has 0 radical (unpaired) electrons. The second kappa shape index (κ2) is 7.09. The normalized spacial score (nSPS) is 13.1. The highest BCUT2D eigenvalue weighted by molar-refractivity contribution is 9.10. The van der Waals surface area contributed by atoms with Crippen molar-refractivity contribution in [3.05, 3.63) is 34.1 Å². The van der Waals surface area contributed by atoms with Crippen molar-refractivity contribution in [2.24, 2.45) is 11.7 Å². The summed E-state index contributed by atoms with van der Waals surface area (Å²) in [6.45, 7) is 5.61. The predicted molar refractivity (Wildman–Crippen MR) is 73.5 cm³/mol. The summed E-state index contributed by atoms with van der Waals surface area (Å²) in [7, 11) is 0. The van der Waals surface area contributed by atoms with Gasteiger partial charge in [-0.15, -0.1) is 0 Å². The molecular formula is C13H20BrFN2. The first-order valence-electron chi connectivity index (χ1n) is 5.92. The molecule has 0 aliphatic carbocycles. The lowest BCUT2D eigenvalue weighted by Gasteiger charge is -2.20. The van der Waals surface area contributed by atoms with Gasteiger partial charge in [0, 0.05) is 17.1 Å². The SMILES string of the molecule is CC(C)C(CN)NCCc1cc(Br)ccc1F. The van der Waals surface area contributed by atoms with Crippen molar-refractivity contribution in [2.75, 3.05) is 13.1 Å². The Balaban J connectivity index is 2.47. The van der Waals surface area contributed by atoms with E-state index in [1.54, 1.807) is 6.07 Å². The summed E-state index contributed by atoms with van der Waals surface area (Å²) in [5, 5.41) is 3.36. The molecule has 0 aliphatic heterocycles. The van der Waals surface area contributed by atoms with E-state index in [2.05, 4.69) is 35.1 Å². The Morgan fingerprint density at radius 1 is 1.41 bits per heavy atom. The third-order valence-corrected chi connectivity index (χ3v) is 3.36. The highest BCUT2D eigenvalue weighted by Crippen LogP contribution is 2.15. The average Bonchev–Trinajstić information content (AvgIpc) is 2.28. The number of rotatable bonds is 6. The fraction of sp³-hybridized carbons (Fsp3) is 0.538. The number of hydrogen-bond acceptors (Lipinski definition) is 2. The molecule has 2 nitrogen and oxygen atoms in total. The van der Waals surface area contributed by atoms with E-state index in [0.717, 1.165) is 16.6 Å². The zero-order valence-electron chi connectivity index (χ0n) is 10.3. The summed E-state index contributed by atoms with van der Waals surface area (Å²) in [6, 6.07) is 5.32. The van der Waals surface area contributed by atoms with Gasteiger partial charge in [0.25, 0.3) is 0 Å². The number of nitrogens with two attached hydrogens (primary N) is 1. The molecule has 1 aromatic rings. The molecule has 96 valence electrons. The standard InChI is InChI=1S/C13H20BrFN2/c1-9(2)13(8-16)17-6-5-10-7-11(14)3-4-12(10)15/h3-4,7,9,13,17H,5-6,8,16H2,1-2H3. The van der Waals surface area contributed by atoms with Crippen LogP contribution in [0.15, 0.2) is 22.7 Å². The number of benzene rings is 1. The molecule has 4 heteroatoms. The smallest absolute Gasteiger partial charge is 0.126 e. The summed E-state index contributed by atoms with van der Waals surface area (Å²) in [5.74, 6) is 0.344. The minimum atomic E-state index is -0.149. The van der Waals surface area contributed by atoms with Crippen LogP contribution in [0.2, 0.25) is 0 Å². The van der Waals surface area contributed by atoms with E-state index in [1.165, 1.54) is 6.07 Å². The molecule has 1 unspecified atom stereocenters. The summed E-state index contributed by atoms with van der Waals surface area (Å²) in [6.07, 6.45) is 0.675. The van der Waals surface area contributed by atoms with E-state index in [-0.39, 0.29) is 5.82 Å². The van der Waals surface area contributed by atoms with Crippen LogP contribution in [-0.4, -0.2) is 19.1 Å². The molecule has 0 spiro atoms. The van der Waals surface area contributed by atoms with Crippen LogP contribution in [0.5, 0.6) is 0 Å². The quantitative estimate of drug-likeness (QED) is 0.848. The summed E-state index contributed by atoms with van der Waals surface area (Å²) >= 11 is 3.35. The van der Waals surface area contributed by atoms with Crippen molar-refractivity contribution in [1.29, 1.82) is 0 Å². The number of hydrogen-bond donors (Lipinski definition) is 2. The Labute approximate surface area is 111 Å². The zero-order chi connectivity index (χ0) is 12.8.